The summed E-state index contributed by atoms with van der Waals surface area (Å²) < 4.78 is 38.4. The lowest BCUT2D eigenvalue weighted by Gasteiger charge is -1.98. The van der Waals surface area contributed by atoms with E-state index in [-0.39, 0.29) is 0 Å². The fourth-order valence-corrected chi connectivity index (χ4v) is 0.874. The molecular formula is C8H15NO5S. The molecule has 88 valence electrons. The van der Waals surface area contributed by atoms with Crippen molar-refractivity contribution in [2.24, 2.45) is 0 Å². The zero-order chi connectivity index (χ0) is 11.9. The van der Waals surface area contributed by atoms with Crippen LogP contribution in [0.2, 0.25) is 0 Å². The molecule has 1 aliphatic rings. The molecule has 1 heterocycles. The molecule has 0 saturated heterocycles. The Morgan fingerprint density at radius 2 is 2.27 bits per heavy atom. The van der Waals surface area contributed by atoms with Crippen LogP contribution in [0.5, 0.6) is 0 Å². The van der Waals surface area contributed by atoms with E-state index in [2.05, 4.69) is 15.3 Å². The van der Waals surface area contributed by atoms with Gasteiger partial charge in [-0.1, -0.05) is 6.08 Å². The molecule has 7 heteroatoms. The summed E-state index contributed by atoms with van der Waals surface area (Å²) in [5.74, 6) is 1.05. The van der Waals surface area contributed by atoms with Crippen LogP contribution >= 0.6 is 0 Å². The molecule has 0 aromatic rings. The van der Waals surface area contributed by atoms with Gasteiger partial charge >= 0.3 is 5.90 Å². The van der Waals surface area contributed by atoms with Crippen molar-refractivity contribution >= 4 is 16.3 Å². The Hall–Kier alpha value is -0.920. The Kier molecular flexibility index (Phi) is 6.14. The molecule has 15 heavy (non-hydrogen) atoms. The zero-order valence-electron chi connectivity index (χ0n) is 8.80. The van der Waals surface area contributed by atoms with Crippen LogP contribution in [0.1, 0.15) is 6.42 Å². The molecule has 1 rings (SSSR count). The van der Waals surface area contributed by atoms with E-state index in [1.807, 2.05) is 13.1 Å². The van der Waals surface area contributed by atoms with Crippen LogP contribution in [0.4, 0.5) is 0 Å². The third-order valence-electron chi connectivity index (χ3n) is 1.64. The highest BCUT2D eigenvalue weighted by Crippen LogP contribution is 1.96. The van der Waals surface area contributed by atoms with Crippen molar-refractivity contribution < 1.29 is 26.5 Å². The first-order valence-electron chi connectivity index (χ1n) is 4.22. The molecule has 6 nitrogen and oxygen atoms in total. The molecule has 0 aromatic carbocycles. The molecule has 0 bridgehead atoms. The van der Waals surface area contributed by atoms with Gasteiger partial charge in [0.1, 0.15) is 7.05 Å². The molecule has 0 atom stereocenters. The molecule has 0 aromatic heterocycles. The maximum absolute atomic E-state index is 9.22. The molecule has 0 fully saturated rings. The van der Waals surface area contributed by atoms with E-state index in [0.29, 0.717) is 0 Å². The Morgan fingerprint density at radius 1 is 1.73 bits per heavy atom. The smallest absolute Gasteiger partial charge is 0.340 e. The van der Waals surface area contributed by atoms with E-state index in [9.17, 15) is 13.0 Å². The molecule has 0 saturated carbocycles. The Morgan fingerprint density at radius 3 is 2.53 bits per heavy atom. The summed E-state index contributed by atoms with van der Waals surface area (Å²) in [4.78, 5) is 0. The van der Waals surface area contributed by atoms with Crippen LogP contribution < -0.4 is 0 Å². The highest BCUT2D eigenvalue weighted by molar-refractivity contribution is 7.80. The van der Waals surface area contributed by atoms with Crippen molar-refractivity contribution in [1.29, 1.82) is 0 Å². The largest absolute Gasteiger partial charge is 0.726 e. The molecular weight excluding hydrogens is 222 g/mol. The zero-order valence-corrected chi connectivity index (χ0v) is 9.62. The third kappa shape index (κ3) is 7.06. The third-order valence-corrected chi connectivity index (χ3v) is 2.05. The van der Waals surface area contributed by atoms with E-state index in [1.54, 1.807) is 0 Å². The van der Waals surface area contributed by atoms with Gasteiger partial charge in [0.15, 0.2) is 13.2 Å². The predicted octanol–water partition coefficient (Wildman–Crippen LogP) is -0.273. The molecule has 0 unspecified atom stereocenters. The topological polar surface area (TPSA) is 78.7 Å². The fourth-order valence-electron chi connectivity index (χ4n) is 0.874. The fraction of sp³-hybridized carbons (Fsp3) is 0.625. The van der Waals surface area contributed by atoms with Gasteiger partial charge in [-0.2, -0.15) is 0 Å². The normalized spacial score (nSPS) is 15.4. The monoisotopic (exact) mass is 237 g/mol. The van der Waals surface area contributed by atoms with Gasteiger partial charge in [0, 0.05) is 0 Å². The van der Waals surface area contributed by atoms with Crippen molar-refractivity contribution in [3.05, 3.63) is 12.7 Å². The number of hydrogen-bond acceptors (Lipinski definition) is 5. The average molecular weight is 237 g/mol. The minimum atomic E-state index is -4.41. The minimum Gasteiger partial charge on any atom is -0.726 e. The second-order valence-electron chi connectivity index (χ2n) is 2.73. The van der Waals surface area contributed by atoms with Gasteiger partial charge < -0.3 is 9.29 Å². The number of nitrogens with zero attached hydrogens (tertiary/aromatic N) is 1. The summed E-state index contributed by atoms with van der Waals surface area (Å²) in [6.45, 7) is 5.48. The van der Waals surface area contributed by atoms with Crippen LogP contribution in [0.3, 0.4) is 0 Å². The quantitative estimate of drug-likeness (QED) is 0.292. The van der Waals surface area contributed by atoms with Crippen LogP contribution in [-0.4, -0.2) is 50.8 Å². The Balaban J connectivity index is 0.000000288. The summed E-state index contributed by atoms with van der Waals surface area (Å²) in [6, 6.07) is 0. The Labute approximate surface area is 89.8 Å². The molecule has 0 radical (unpaired) electrons. The first-order valence-corrected chi connectivity index (χ1v) is 5.56. The van der Waals surface area contributed by atoms with Gasteiger partial charge in [-0.3, -0.25) is 4.18 Å². The van der Waals surface area contributed by atoms with Gasteiger partial charge in [-0.15, -0.1) is 6.58 Å². The maximum atomic E-state index is 9.22. The summed E-state index contributed by atoms with van der Waals surface area (Å²) >= 11 is 0. The van der Waals surface area contributed by atoms with Gasteiger partial charge in [0.05, 0.1) is 13.5 Å². The van der Waals surface area contributed by atoms with Crippen molar-refractivity contribution in [2.45, 2.75) is 6.42 Å². The summed E-state index contributed by atoms with van der Waals surface area (Å²) in [5, 5.41) is 0. The first-order chi connectivity index (χ1) is 6.90. The van der Waals surface area contributed by atoms with E-state index in [4.69, 9.17) is 4.74 Å². The lowest BCUT2D eigenvalue weighted by Crippen LogP contribution is -2.09. The van der Waals surface area contributed by atoms with Crippen molar-refractivity contribution in [3.63, 3.8) is 0 Å². The average Bonchev–Trinajstić information content (AvgIpc) is 2.53. The molecule has 0 spiro atoms. The van der Waals surface area contributed by atoms with Crippen LogP contribution in [0, 0.1) is 0 Å². The van der Waals surface area contributed by atoms with Gasteiger partial charge in [0.2, 0.25) is 10.4 Å². The molecule has 0 N–H and O–H groups in total. The second kappa shape index (κ2) is 6.54. The van der Waals surface area contributed by atoms with Gasteiger partial charge in [-0.25, -0.2) is 13.0 Å². The summed E-state index contributed by atoms with van der Waals surface area (Å²) in [7, 11) is -1.57. The second-order valence-corrected chi connectivity index (χ2v) is 3.88. The van der Waals surface area contributed by atoms with E-state index < -0.39 is 10.4 Å². The first kappa shape index (κ1) is 14.1. The van der Waals surface area contributed by atoms with Gasteiger partial charge in [0.25, 0.3) is 0 Å². The van der Waals surface area contributed by atoms with Crippen molar-refractivity contribution in [1.82, 2.24) is 0 Å². The maximum Gasteiger partial charge on any atom is 0.340 e. The van der Waals surface area contributed by atoms with E-state index in [0.717, 1.165) is 32.6 Å². The standard InChI is InChI=1S/C7H12NO.CH4O4S/c1-3-4-7-8(2)5-6-9-7;1-5-6(2,3)4/h3H,1,4-6H2,2H3;1H3,(H,2,3,4)/q+1;/p-1. The molecule has 1 aliphatic heterocycles. The van der Waals surface area contributed by atoms with Crippen LogP contribution in [-0.2, 0) is 19.3 Å². The molecule has 0 amide bonds. The number of likely N-dealkylation sites (N-methyl/N-ethyl adjacent to an activating group) is 1. The number of rotatable bonds is 3. The summed E-state index contributed by atoms with van der Waals surface area (Å²) in [5.41, 5.74) is 0. The lowest BCUT2D eigenvalue weighted by molar-refractivity contribution is -0.487. The van der Waals surface area contributed by atoms with Crippen LogP contribution in [0.15, 0.2) is 12.7 Å². The highest BCUT2D eigenvalue weighted by Gasteiger charge is 2.17. The van der Waals surface area contributed by atoms with Crippen LogP contribution in [0.25, 0.3) is 0 Å². The Bertz CT molecular complexity index is 333. The minimum absolute atomic E-state index is 0.808. The predicted molar refractivity (Wildman–Crippen MR) is 53.5 cm³/mol. The van der Waals surface area contributed by atoms with Crippen molar-refractivity contribution in [2.75, 3.05) is 27.3 Å². The van der Waals surface area contributed by atoms with Crippen molar-refractivity contribution in [3.8, 4) is 0 Å². The SMILES string of the molecule is C=CCC1=[N+](C)CCO1.COS(=O)(=O)[O-]. The highest BCUT2D eigenvalue weighted by atomic mass is 32.3. The van der Waals surface area contributed by atoms with E-state index in [1.165, 1.54) is 0 Å². The van der Waals surface area contributed by atoms with E-state index >= 15 is 0 Å². The number of hydrogen-bond donors (Lipinski definition) is 0. The summed E-state index contributed by atoms with van der Waals surface area (Å²) in [6.07, 6.45) is 2.72. The van der Waals surface area contributed by atoms with Gasteiger partial charge in [-0.05, 0) is 0 Å². The number of ether oxygens (including phenoxy) is 1. The lowest BCUT2D eigenvalue weighted by atomic mass is 10.4. The molecule has 0 aliphatic carbocycles.